The normalized spacial score (nSPS) is 11.0. The first-order chi connectivity index (χ1) is 14.4. The van der Waals surface area contributed by atoms with Gasteiger partial charge in [-0.2, -0.15) is 4.98 Å². The molecule has 0 saturated carbocycles. The van der Waals surface area contributed by atoms with Crippen molar-refractivity contribution < 1.29 is 41.3 Å². The molecule has 0 fully saturated rings. The second kappa shape index (κ2) is 10.1. The lowest BCUT2D eigenvalue weighted by Gasteiger charge is -2.09. The Morgan fingerprint density at radius 2 is 1.58 bits per heavy atom. The van der Waals surface area contributed by atoms with Crippen molar-refractivity contribution in [3.8, 4) is 22.8 Å². The molecule has 1 N–H and O–H groups in total. The Bertz CT molecular complexity index is 1110. The molecule has 31 heavy (non-hydrogen) atoms. The van der Waals surface area contributed by atoms with Crippen LogP contribution in [0.2, 0.25) is 0 Å². The number of aromatic amines is 1. The van der Waals surface area contributed by atoms with E-state index in [-0.39, 0.29) is 11.5 Å². The molecule has 0 aliphatic rings. The largest absolute Gasteiger partial charge is 0.673 e. The summed E-state index contributed by atoms with van der Waals surface area (Å²) in [4.78, 5) is 27.4. The Morgan fingerprint density at radius 1 is 1.00 bits per heavy atom. The Hall–Kier alpha value is -2.60. The van der Waals surface area contributed by atoms with Crippen LogP contribution >= 0.6 is 23.1 Å². The van der Waals surface area contributed by atoms with Gasteiger partial charge in [-0.25, -0.2) is 0 Å². The van der Waals surface area contributed by atoms with Crippen LogP contribution in [0, 0.1) is 6.92 Å². The molecule has 0 saturated heterocycles. The van der Waals surface area contributed by atoms with Crippen molar-refractivity contribution >= 4 is 53.1 Å². The van der Waals surface area contributed by atoms with Crippen LogP contribution in [-0.2, 0) is 9.59 Å². The zero-order valence-corrected chi connectivity index (χ0v) is 18.6. The SMILES string of the molecule is CSc1[nH+]c(-c2ccc(OC(C)=O)c(OC(C)=O)c2)cc2c(C)scc12.F[B-](F)(F)F. The third-order valence-electron chi connectivity index (χ3n) is 3.77. The average molecular weight is 475 g/mol. The number of hydrogen-bond donors (Lipinski definition) is 0. The Morgan fingerprint density at radius 3 is 2.13 bits per heavy atom. The third kappa shape index (κ3) is 7.25. The van der Waals surface area contributed by atoms with Crippen LogP contribution < -0.4 is 14.5 Å². The number of thioether (sulfide) groups is 1. The van der Waals surface area contributed by atoms with Crippen molar-refractivity contribution in [1.29, 1.82) is 0 Å². The summed E-state index contributed by atoms with van der Waals surface area (Å²) in [5.41, 5.74) is 1.73. The fourth-order valence-corrected chi connectivity index (χ4v) is 4.17. The summed E-state index contributed by atoms with van der Waals surface area (Å²) in [6, 6.07) is 7.24. The number of fused-ring (bicyclic) bond motifs is 1. The lowest BCUT2D eigenvalue weighted by Crippen LogP contribution is -2.11. The van der Waals surface area contributed by atoms with Gasteiger partial charge in [-0.3, -0.25) is 9.59 Å². The summed E-state index contributed by atoms with van der Waals surface area (Å²) < 4.78 is 49.4. The van der Waals surface area contributed by atoms with Gasteiger partial charge in [0.2, 0.25) is 10.7 Å². The quantitative estimate of drug-likeness (QED) is 0.163. The van der Waals surface area contributed by atoms with Crippen molar-refractivity contribution in [1.82, 2.24) is 0 Å². The van der Waals surface area contributed by atoms with E-state index in [4.69, 9.17) is 9.47 Å². The van der Waals surface area contributed by atoms with Gasteiger partial charge in [-0.15, -0.1) is 11.3 Å². The van der Waals surface area contributed by atoms with E-state index in [1.165, 1.54) is 29.5 Å². The van der Waals surface area contributed by atoms with Crippen LogP contribution in [-0.4, -0.2) is 25.4 Å². The highest BCUT2D eigenvalue weighted by atomic mass is 32.2. The van der Waals surface area contributed by atoms with Gasteiger partial charge in [0.05, 0.1) is 10.9 Å². The number of pyridine rings is 1. The Kier molecular flexibility index (Phi) is 8.07. The first-order valence-corrected chi connectivity index (χ1v) is 10.9. The highest BCUT2D eigenvalue weighted by Crippen LogP contribution is 2.35. The van der Waals surface area contributed by atoms with Crippen LogP contribution in [0.15, 0.2) is 34.7 Å². The number of H-pyrrole nitrogens is 1. The van der Waals surface area contributed by atoms with E-state index in [9.17, 15) is 26.9 Å². The molecule has 0 aliphatic carbocycles. The van der Waals surface area contributed by atoms with Crippen LogP contribution in [0.5, 0.6) is 11.5 Å². The topological polar surface area (TPSA) is 66.7 Å². The van der Waals surface area contributed by atoms with Gasteiger partial charge < -0.3 is 26.7 Å². The lowest BCUT2D eigenvalue weighted by molar-refractivity contribution is -0.410. The molecule has 12 heteroatoms. The summed E-state index contributed by atoms with van der Waals surface area (Å²) in [6.45, 7) is 4.70. The van der Waals surface area contributed by atoms with Crippen LogP contribution in [0.1, 0.15) is 18.7 Å². The minimum atomic E-state index is -6.00. The molecule has 0 aliphatic heterocycles. The van der Waals surface area contributed by atoms with E-state index in [0.717, 1.165) is 16.3 Å². The molecular weight excluding hydrogens is 457 g/mol. The summed E-state index contributed by atoms with van der Waals surface area (Å²) in [5, 5.41) is 5.59. The number of nitrogens with one attached hydrogen (secondary N) is 1. The van der Waals surface area contributed by atoms with E-state index < -0.39 is 19.2 Å². The van der Waals surface area contributed by atoms with E-state index in [1.54, 1.807) is 35.2 Å². The van der Waals surface area contributed by atoms with E-state index >= 15 is 0 Å². The molecule has 2 aromatic heterocycles. The number of carbonyl (C=O) groups excluding carboxylic acids is 2. The van der Waals surface area contributed by atoms with Crippen LogP contribution in [0.4, 0.5) is 17.3 Å². The smallest absolute Gasteiger partial charge is 0.423 e. The molecule has 0 radical (unpaired) electrons. The average Bonchev–Trinajstić information content (AvgIpc) is 3.01. The monoisotopic (exact) mass is 475 g/mol. The van der Waals surface area contributed by atoms with Gasteiger partial charge in [0.25, 0.3) is 0 Å². The van der Waals surface area contributed by atoms with Crippen LogP contribution in [0.3, 0.4) is 0 Å². The summed E-state index contributed by atoms with van der Waals surface area (Å²) in [6.07, 6.45) is 2.02. The predicted molar refractivity (Wildman–Crippen MR) is 113 cm³/mol. The number of carbonyl (C=O) groups is 2. The molecule has 3 rings (SSSR count). The van der Waals surface area contributed by atoms with Gasteiger partial charge in [-0.1, -0.05) is 11.8 Å². The predicted octanol–water partition coefficient (Wildman–Crippen LogP) is 5.56. The maximum atomic E-state index is 11.4. The molecule has 1 aromatic carbocycles. The lowest BCUT2D eigenvalue weighted by atomic mass is 10.1. The van der Waals surface area contributed by atoms with Crippen molar-refractivity contribution in [2.24, 2.45) is 0 Å². The fraction of sp³-hybridized carbons (Fsp3) is 0.211. The molecule has 166 valence electrons. The number of hydrogen-bond acceptors (Lipinski definition) is 6. The first-order valence-electron chi connectivity index (χ1n) is 8.75. The highest BCUT2D eigenvalue weighted by molar-refractivity contribution is 7.98. The summed E-state index contributed by atoms with van der Waals surface area (Å²) >= 11 is 3.36. The second-order valence-electron chi connectivity index (χ2n) is 6.18. The van der Waals surface area contributed by atoms with Gasteiger partial charge in [-0.05, 0) is 31.4 Å². The molecule has 0 atom stereocenters. The third-order valence-corrected chi connectivity index (χ3v) is 5.43. The first kappa shape index (κ1) is 24.7. The summed E-state index contributed by atoms with van der Waals surface area (Å²) in [7, 11) is -6.00. The number of rotatable bonds is 4. The second-order valence-corrected chi connectivity index (χ2v) is 8.08. The van der Waals surface area contributed by atoms with E-state index in [2.05, 4.69) is 23.4 Å². The number of halogens is 4. The minimum absolute atomic E-state index is 0.214. The number of esters is 2. The van der Waals surface area contributed by atoms with Crippen LogP contribution in [0.25, 0.3) is 22.0 Å². The highest BCUT2D eigenvalue weighted by Gasteiger charge is 2.21. The number of aryl methyl sites for hydroxylation is 1. The zero-order valence-electron chi connectivity index (χ0n) is 16.9. The Balaban J connectivity index is 0.000000614. The van der Waals surface area contributed by atoms with E-state index in [0.29, 0.717) is 0 Å². The maximum absolute atomic E-state index is 11.4. The molecule has 0 bridgehead atoms. The molecule has 2 heterocycles. The molecule has 0 amide bonds. The summed E-state index contributed by atoms with van der Waals surface area (Å²) in [5.74, 6) is -0.521. The standard InChI is InChI=1S/C19H17NO4S2.BF4/c1-10-14-8-16(20-19(25-4)15(14)9-26-10)13-5-6-17(23-11(2)21)18(7-13)24-12(3)22;2-1(3,4)5/h5-9H,1-4H3;/q;-1/p+1. The van der Waals surface area contributed by atoms with Gasteiger partial charge >= 0.3 is 19.2 Å². The molecule has 3 aromatic rings. The zero-order chi connectivity index (χ0) is 23.3. The Labute approximate surface area is 183 Å². The number of thiophene rings is 1. The minimum Gasteiger partial charge on any atom is -0.423 e. The van der Waals surface area contributed by atoms with Gasteiger partial charge in [0, 0.05) is 35.6 Å². The number of ether oxygens (including phenoxy) is 2. The number of benzene rings is 1. The maximum Gasteiger partial charge on any atom is 0.673 e. The van der Waals surface area contributed by atoms with Gasteiger partial charge in [0.1, 0.15) is 0 Å². The van der Waals surface area contributed by atoms with Crippen molar-refractivity contribution in [2.75, 3.05) is 6.26 Å². The number of aromatic nitrogens is 1. The van der Waals surface area contributed by atoms with Crippen molar-refractivity contribution in [3.05, 3.63) is 34.5 Å². The molecular formula is C19H18BF4NO4S2. The fourth-order valence-electron chi connectivity index (χ4n) is 2.66. The van der Waals surface area contributed by atoms with Gasteiger partial charge in [0.15, 0.2) is 11.5 Å². The van der Waals surface area contributed by atoms with Crippen molar-refractivity contribution in [3.63, 3.8) is 0 Å². The molecule has 0 unspecified atom stereocenters. The molecule has 5 nitrogen and oxygen atoms in total. The molecule has 0 spiro atoms. The van der Waals surface area contributed by atoms with E-state index in [1.807, 2.05) is 12.3 Å². The van der Waals surface area contributed by atoms with Crippen molar-refractivity contribution in [2.45, 2.75) is 25.8 Å².